The summed E-state index contributed by atoms with van der Waals surface area (Å²) < 4.78 is 5.58. The van der Waals surface area contributed by atoms with Crippen molar-refractivity contribution in [1.82, 2.24) is 5.32 Å². The third-order valence-corrected chi connectivity index (χ3v) is 4.87. The molecule has 174 valence electrons. The monoisotopic (exact) mass is 439 g/mol. The van der Waals surface area contributed by atoms with Gasteiger partial charge in [0.2, 0.25) is 5.91 Å². The number of likely N-dealkylation sites (N-methyl/N-ethyl adjacent to an activating group) is 2. The predicted octanol–water partition coefficient (Wildman–Crippen LogP) is 4.38. The number of anilines is 3. The molecule has 0 atom stereocenters. The number of carbonyl (C=O) groups excluding carboxylic acids is 1. The van der Waals surface area contributed by atoms with Crippen molar-refractivity contribution in [2.75, 3.05) is 56.4 Å². The van der Waals surface area contributed by atoms with Crippen molar-refractivity contribution in [2.24, 2.45) is 4.99 Å². The molecule has 1 aromatic rings. The minimum atomic E-state index is -0.281. The molecule has 1 amide bonds. The maximum absolute atomic E-state index is 12.0. The Kier molecular flexibility index (Phi) is 12.2. The van der Waals surface area contributed by atoms with Gasteiger partial charge in [-0.3, -0.25) is 9.79 Å². The number of allylic oxidation sites excluding steroid dienone is 3. The van der Waals surface area contributed by atoms with Gasteiger partial charge >= 0.3 is 0 Å². The van der Waals surface area contributed by atoms with Crippen LogP contribution in [0.2, 0.25) is 0 Å². The predicted molar refractivity (Wildman–Crippen MR) is 138 cm³/mol. The number of benzene rings is 1. The Morgan fingerprint density at radius 3 is 2.53 bits per heavy atom. The first-order valence-electron chi connectivity index (χ1n) is 10.7. The first kappa shape index (κ1) is 26.7. The average molecular weight is 440 g/mol. The molecule has 0 heterocycles. The first-order chi connectivity index (χ1) is 15.4. The molecule has 0 spiro atoms. The van der Waals surface area contributed by atoms with Crippen LogP contribution in [0.15, 0.2) is 65.7 Å². The molecule has 0 saturated carbocycles. The Bertz CT molecular complexity index is 871. The largest absolute Gasteiger partial charge is 0.494 e. The molecule has 0 fully saturated rings. The van der Waals surface area contributed by atoms with E-state index in [0.29, 0.717) is 23.7 Å². The van der Waals surface area contributed by atoms with Gasteiger partial charge in [-0.2, -0.15) is 0 Å². The Hall–Kier alpha value is -3.32. The molecule has 0 aromatic heterocycles. The number of nitrogens with zero attached hydrogens (tertiary/aromatic N) is 2. The zero-order valence-corrected chi connectivity index (χ0v) is 20.0. The van der Waals surface area contributed by atoms with Crippen LogP contribution < -0.4 is 25.6 Å². The second kappa shape index (κ2) is 14.6. The third-order valence-electron chi connectivity index (χ3n) is 4.87. The summed E-state index contributed by atoms with van der Waals surface area (Å²) >= 11 is 0. The Morgan fingerprint density at radius 1 is 1.22 bits per heavy atom. The lowest BCUT2D eigenvalue weighted by Crippen LogP contribution is -2.28. The first-order valence-corrected chi connectivity index (χ1v) is 10.7. The second-order valence-electron chi connectivity index (χ2n) is 7.04. The molecule has 0 aliphatic carbocycles. The van der Waals surface area contributed by atoms with Crippen molar-refractivity contribution in [3.63, 3.8) is 0 Å². The van der Waals surface area contributed by atoms with E-state index in [-0.39, 0.29) is 5.91 Å². The van der Waals surface area contributed by atoms with Crippen LogP contribution in [0, 0.1) is 0 Å². The Morgan fingerprint density at radius 2 is 1.97 bits per heavy atom. The van der Waals surface area contributed by atoms with Gasteiger partial charge in [-0.1, -0.05) is 38.3 Å². The highest BCUT2D eigenvalue weighted by atomic mass is 16.5. The summed E-state index contributed by atoms with van der Waals surface area (Å²) in [6.07, 6.45) is 9.81. The lowest BCUT2D eigenvalue weighted by Gasteiger charge is -2.24. The van der Waals surface area contributed by atoms with Crippen molar-refractivity contribution in [2.45, 2.75) is 20.3 Å². The van der Waals surface area contributed by atoms with Gasteiger partial charge in [0.25, 0.3) is 0 Å². The number of hydrogen-bond acceptors (Lipinski definition) is 5. The molecule has 0 aliphatic heterocycles. The highest BCUT2D eigenvalue weighted by molar-refractivity contribution is 6.02. The van der Waals surface area contributed by atoms with E-state index >= 15 is 0 Å². The summed E-state index contributed by atoms with van der Waals surface area (Å²) in [4.78, 5) is 18.5. The van der Waals surface area contributed by atoms with Crippen LogP contribution in [0.25, 0.3) is 0 Å². The number of hydrogen-bond donors (Lipinski definition) is 3. The molecule has 0 unspecified atom stereocenters. The van der Waals surface area contributed by atoms with Crippen molar-refractivity contribution in [3.8, 4) is 5.75 Å². The number of methoxy groups -OCH3 is 1. The van der Waals surface area contributed by atoms with E-state index < -0.39 is 0 Å². The molecule has 0 radical (unpaired) electrons. The van der Waals surface area contributed by atoms with Crippen LogP contribution in [0.5, 0.6) is 5.75 Å². The zero-order valence-electron chi connectivity index (χ0n) is 20.0. The topological polar surface area (TPSA) is 78.0 Å². The van der Waals surface area contributed by atoms with E-state index in [4.69, 9.17) is 4.74 Å². The molecule has 32 heavy (non-hydrogen) atoms. The van der Waals surface area contributed by atoms with E-state index in [1.165, 1.54) is 11.6 Å². The SMILES string of the molecule is C=CC(=O)Nc1cc(NC=NCC(/C=C(/C=C)CC)=C/C)c(OC)cc1N(C)CCNC. The average Bonchev–Trinajstić information content (AvgIpc) is 2.81. The summed E-state index contributed by atoms with van der Waals surface area (Å²) in [5, 5.41) is 9.18. The van der Waals surface area contributed by atoms with Crippen LogP contribution in [0.3, 0.4) is 0 Å². The third kappa shape index (κ3) is 8.43. The molecule has 3 N–H and O–H groups in total. The zero-order chi connectivity index (χ0) is 23.9. The molecule has 0 saturated heterocycles. The van der Waals surface area contributed by atoms with E-state index in [1.54, 1.807) is 13.4 Å². The van der Waals surface area contributed by atoms with Gasteiger partial charge in [0, 0.05) is 26.2 Å². The molecule has 0 bridgehead atoms. The molecular formula is C25H37N5O2. The summed E-state index contributed by atoms with van der Waals surface area (Å²) in [5.74, 6) is 0.363. The Labute approximate surface area is 192 Å². The molecule has 1 aromatic carbocycles. The van der Waals surface area contributed by atoms with Gasteiger partial charge in [-0.15, -0.1) is 0 Å². The van der Waals surface area contributed by atoms with Crippen molar-refractivity contribution in [1.29, 1.82) is 0 Å². The number of rotatable bonds is 14. The van der Waals surface area contributed by atoms with Crippen molar-refractivity contribution in [3.05, 3.63) is 60.7 Å². The number of ether oxygens (including phenoxy) is 1. The van der Waals surface area contributed by atoms with Crippen LogP contribution in [-0.4, -0.2) is 53.1 Å². The van der Waals surface area contributed by atoms with Crippen LogP contribution in [0.4, 0.5) is 17.1 Å². The lowest BCUT2D eigenvalue weighted by atomic mass is 10.1. The van der Waals surface area contributed by atoms with Crippen LogP contribution >= 0.6 is 0 Å². The van der Waals surface area contributed by atoms with Crippen molar-refractivity contribution >= 4 is 29.3 Å². The summed E-state index contributed by atoms with van der Waals surface area (Å²) in [6.45, 7) is 13.6. The number of aliphatic imine (C=N–C) groups is 1. The van der Waals surface area contributed by atoms with Gasteiger partial charge in [0.15, 0.2) is 0 Å². The summed E-state index contributed by atoms with van der Waals surface area (Å²) in [5.41, 5.74) is 4.46. The minimum Gasteiger partial charge on any atom is -0.494 e. The fraction of sp³-hybridized carbons (Fsp3) is 0.360. The van der Waals surface area contributed by atoms with Gasteiger partial charge in [-0.05, 0) is 43.7 Å². The summed E-state index contributed by atoms with van der Waals surface area (Å²) in [7, 11) is 5.47. The Balaban J connectivity index is 3.13. The standard InChI is InChI=1S/C25H37N5O2/c1-8-19(9-2)14-20(10-3)17-27-18-28-22-15-21(29-25(31)11-4)23(16-24(22)32-7)30(6)13-12-26-5/h8,10-11,14-16,18,26H,1,4,9,12-13,17H2,2-3,5-7H3,(H,27,28)(H,29,31)/b19-14-,20-10+. The lowest BCUT2D eigenvalue weighted by molar-refractivity contribution is -0.111. The van der Waals surface area contributed by atoms with Crippen molar-refractivity contribution < 1.29 is 9.53 Å². The van der Waals surface area contributed by atoms with E-state index in [2.05, 4.69) is 47.1 Å². The van der Waals surface area contributed by atoms with E-state index in [0.717, 1.165) is 30.8 Å². The molecule has 1 rings (SSSR count). The van der Waals surface area contributed by atoms with E-state index in [1.807, 2.05) is 50.2 Å². The molecule has 7 heteroatoms. The smallest absolute Gasteiger partial charge is 0.247 e. The van der Waals surface area contributed by atoms with E-state index in [9.17, 15) is 4.79 Å². The number of amides is 1. The fourth-order valence-electron chi connectivity index (χ4n) is 2.88. The fourth-order valence-corrected chi connectivity index (χ4v) is 2.88. The maximum Gasteiger partial charge on any atom is 0.247 e. The molecule has 0 aliphatic rings. The van der Waals surface area contributed by atoms with Crippen LogP contribution in [-0.2, 0) is 4.79 Å². The summed E-state index contributed by atoms with van der Waals surface area (Å²) in [6, 6.07) is 3.73. The molecule has 7 nitrogen and oxygen atoms in total. The normalized spacial score (nSPS) is 11.9. The minimum absolute atomic E-state index is 0.281. The number of nitrogens with one attached hydrogen (secondary N) is 3. The van der Waals surface area contributed by atoms with Gasteiger partial charge in [0.05, 0.1) is 37.1 Å². The quantitative estimate of drug-likeness (QED) is 0.173. The van der Waals surface area contributed by atoms with Gasteiger partial charge in [0.1, 0.15) is 5.75 Å². The van der Waals surface area contributed by atoms with Crippen LogP contribution in [0.1, 0.15) is 20.3 Å². The van der Waals surface area contributed by atoms with Gasteiger partial charge in [-0.25, -0.2) is 0 Å². The highest BCUT2D eigenvalue weighted by Crippen LogP contribution is 2.36. The maximum atomic E-state index is 12.0. The van der Waals surface area contributed by atoms with Gasteiger partial charge < -0.3 is 25.6 Å². The highest BCUT2D eigenvalue weighted by Gasteiger charge is 2.15. The number of carbonyl (C=O) groups is 1. The molecular weight excluding hydrogens is 402 g/mol. The second-order valence-corrected chi connectivity index (χ2v) is 7.04.